The van der Waals surface area contributed by atoms with Crippen LogP contribution in [-0.4, -0.2) is 34.6 Å². The molecule has 0 aromatic rings. The number of likely N-dealkylation sites (N-methyl/N-ethyl adjacent to an activating group) is 1. The van der Waals surface area contributed by atoms with Crippen LogP contribution in [0.2, 0.25) is 0 Å². The minimum absolute atomic E-state index is 0.312. The second-order valence-electron chi connectivity index (χ2n) is 5.67. The first-order valence-electron chi connectivity index (χ1n) is 6.36. The Morgan fingerprint density at radius 1 is 1.12 bits per heavy atom. The topological polar surface area (TPSA) is 40.5 Å². The smallest absolute Gasteiger partial charge is 0.324 e. The summed E-state index contributed by atoms with van der Waals surface area (Å²) in [5.74, 6) is -0.633. The van der Waals surface area contributed by atoms with Crippen LogP contribution in [0, 0.1) is 5.41 Å². The number of carboxylic acid groups (broad SMARTS) is 1. The molecule has 1 rings (SSSR count). The standard InChI is InChI=1S/C13H25NO2/c1-5-14(6-2)13(11(15)16)9-7-12(3,4)8-10-13/h5-10H2,1-4H3,(H,15,16). The number of aliphatic carboxylic acids is 1. The van der Waals surface area contributed by atoms with E-state index in [0.29, 0.717) is 5.41 Å². The maximum atomic E-state index is 11.6. The van der Waals surface area contributed by atoms with Crippen LogP contribution in [0.3, 0.4) is 0 Å². The summed E-state index contributed by atoms with van der Waals surface area (Å²) in [6.07, 6.45) is 3.60. The van der Waals surface area contributed by atoms with Crippen molar-refractivity contribution in [2.45, 2.75) is 58.9 Å². The average molecular weight is 227 g/mol. The molecule has 1 fully saturated rings. The van der Waals surface area contributed by atoms with Crippen LogP contribution >= 0.6 is 0 Å². The number of hydrogen-bond donors (Lipinski definition) is 1. The molecule has 1 saturated carbocycles. The lowest BCUT2D eigenvalue weighted by Gasteiger charge is -2.46. The lowest BCUT2D eigenvalue weighted by Crippen LogP contribution is -2.57. The molecule has 0 atom stereocenters. The van der Waals surface area contributed by atoms with E-state index in [1.54, 1.807) is 0 Å². The van der Waals surface area contributed by atoms with Crippen molar-refractivity contribution in [3.8, 4) is 0 Å². The Morgan fingerprint density at radius 3 is 1.88 bits per heavy atom. The molecular weight excluding hydrogens is 202 g/mol. The largest absolute Gasteiger partial charge is 0.480 e. The first-order chi connectivity index (χ1) is 7.38. The van der Waals surface area contributed by atoms with Crippen LogP contribution < -0.4 is 0 Å². The molecular formula is C13H25NO2. The first-order valence-corrected chi connectivity index (χ1v) is 6.36. The third-order valence-electron chi connectivity index (χ3n) is 4.20. The Morgan fingerprint density at radius 2 is 1.56 bits per heavy atom. The Bertz CT molecular complexity index is 247. The van der Waals surface area contributed by atoms with Crippen molar-refractivity contribution in [1.29, 1.82) is 0 Å². The zero-order valence-electron chi connectivity index (χ0n) is 11.0. The van der Waals surface area contributed by atoms with Gasteiger partial charge in [-0.25, -0.2) is 0 Å². The molecule has 94 valence electrons. The minimum Gasteiger partial charge on any atom is -0.480 e. The van der Waals surface area contributed by atoms with Crippen molar-refractivity contribution < 1.29 is 9.90 Å². The molecule has 1 aliphatic rings. The normalized spacial score (nSPS) is 23.3. The molecule has 0 amide bonds. The van der Waals surface area contributed by atoms with Crippen LogP contribution in [0.4, 0.5) is 0 Å². The fourth-order valence-electron chi connectivity index (χ4n) is 2.83. The van der Waals surface area contributed by atoms with Gasteiger partial charge in [0.1, 0.15) is 5.54 Å². The summed E-state index contributed by atoms with van der Waals surface area (Å²) < 4.78 is 0. The van der Waals surface area contributed by atoms with Gasteiger partial charge in [0, 0.05) is 0 Å². The SMILES string of the molecule is CCN(CC)C1(C(=O)O)CCC(C)(C)CC1. The summed E-state index contributed by atoms with van der Waals surface area (Å²) in [5.41, 5.74) is -0.287. The van der Waals surface area contributed by atoms with Crippen LogP contribution in [-0.2, 0) is 4.79 Å². The van der Waals surface area contributed by atoms with Crippen LogP contribution in [0.1, 0.15) is 53.4 Å². The van der Waals surface area contributed by atoms with E-state index >= 15 is 0 Å². The van der Waals surface area contributed by atoms with Crippen molar-refractivity contribution in [2.24, 2.45) is 5.41 Å². The summed E-state index contributed by atoms with van der Waals surface area (Å²) in [4.78, 5) is 13.7. The third kappa shape index (κ3) is 2.40. The van der Waals surface area contributed by atoms with Gasteiger partial charge in [0.15, 0.2) is 0 Å². The van der Waals surface area contributed by atoms with Crippen molar-refractivity contribution in [3.63, 3.8) is 0 Å². The molecule has 0 saturated heterocycles. The Hall–Kier alpha value is -0.570. The van der Waals surface area contributed by atoms with Gasteiger partial charge in [-0.2, -0.15) is 0 Å². The minimum atomic E-state index is -0.633. The van der Waals surface area contributed by atoms with Gasteiger partial charge in [-0.3, -0.25) is 9.69 Å². The predicted octanol–water partition coefficient (Wildman–Crippen LogP) is 2.75. The fraction of sp³-hybridized carbons (Fsp3) is 0.923. The maximum Gasteiger partial charge on any atom is 0.324 e. The highest BCUT2D eigenvalue weighted by Gasteiger charge is 2.47. The summed E-state index contributed by atoms with van der Waals surface area (Å²) >= 11 is 0. The van der Waals surface area contributed by atoms with Crippen molar-refractivity contribution in [1.82, 2.24) is 4.90 Å². The summed E-state index contributed by atoms with van der Waals surface area (Å²) in [5, 5.41) is 9.55. The van der Waals surface area contributed by atoms with Gasteiger partial charge in [0.2, 0.25) is 0 Å². The second-order valence-corrected chi connectivity index (χ2v) is 5.67. The monoisotopic (exact) mass is 227 g/mol. The molecule has 0 aromatic carbocycles. The van der Waals surface area contributed by atoms with E-state index in [2.05, 4.69) is 18.7 Å². The van der Waals surface area contributed by atoms with Crippen molar-refractivity contribution in [2.75, 3.05) is 13.1 Å². The molecule has 1 aliphatic carbocycles. The third-order valence-corrected chi connectivity index (χ3v) is 4.20. The summed E-state index contributed by atoms with van der Waals surface area (Å²) in [7, 11) is 0. The molecule has 0 aliphatic heterocycles. The lowest BCUT2D eigenvalue weighted by atomic mass is 9.68. The summed E-state index contributed by atoms with van der Waals surface area (Å²) in [6.45, 7) is 10.2. The van der Waals surface area contributed by atoms with Gasteiger partial charge < -0.3 is 5.11 Å². The quantitative estimate of drug-likeness (QED) is 0.803. The highest BCUT2D eigenvalue weighted by molar-refractivity contribution is 5.79. The Balaban J connectivity index is 2.88. The number of hydrogen-bond acceptors (Lipinski definition) is 2. The predicted molar refractivity (Wildman–Crippen MR) is 65.5 cm³/mol. The van der Waals surface area contributed by atoms with E-state index in [9.17, 15) is 9.90 Å². The zero-order valence-corrected chi connectivity index (χ0v) is 11.0. The molecule has 3 nitrogen and oxygen atoms in total. The Kier molecular flexibility index (Phi) is 4.00. The van der Waals surface area contributed by atoms with Crippen LogP contribution in [0.25, 0.3) is 0 Å². The molecule has 16 heavy (non-hydrogen) atoms. The molecule has 3 heteroatoms. The molecule has 0 spiro atoms. The average Bonchev–Trinajstić information content (AvgIpc) is 2.22. The van der Waals surface area contributed by atoms with Crippen molar-refractivity contribution in [3.05, 3.63) is 0 Å². The highest BCUT2D eigenvalue weighted by atomic mass is 16.4. The molecule has 0 radical (unpaired) electrons. The van der Waals surface area contributed by atoms with E-state index in [1.807, 2.05) is 13.8 Å². The van der Waals surface area contributed by atoms with Gasteiger partial charge in [-0.15, -0.1) is 0 Å². The van der Waals surface area contributed by atoms with Gasteiger partial charge >= 0.3 is 5.97 Å². The fourth-order valence-corrected chi connectivity index (χ4v) is 2.83. The molecule has 0 unspecified atom stereocenters. The zero-order chi connectivity index (χ0) is 12.4. The molecule has 0 heterocycles. The van der Waals surface area contributed by atoms with E-state index in [0.717, 1.165) is 38.8 Å². The van der Waals surface area contributed by atoms with E-state index in [1.165, 1.54) is 0 Å². The first kappa shape index (κ1) is 13.5. The number of rotatable bonds is 4. The number of carbonyl (C=O) groups is 1. The second kappa shape index (κ2) is 4.74. The number of nitrogens with zero attached hydrogens (tertiary/aromatic N) is 1. The molecule has 1 N–H and O–H groups in total. The van der Waals surface area contributed by atoms with E-state index < -0.39 is 11.5 Å². The molecule has 0 bridgehead atoms. The van der Waals surface area contributed by atoms with Gasteiger partial charge in [-0.1, -0.05) is 27.7 Å². The maximum absolute atomic E-state index is 11.6. The summed E-state index contributed by atoms with van der Waals surface area (Å²) in [6, 6.07) is 0. The van der Waals surface area contributed by atoms with Crippen LogP contribution in [0.15, 0.2) is 0 Å². The van der Waals surface area contributed by atoms with Gasteiger partial charge in [0.05, 0.1) is 0 Å². The van der Waals surface area contributed by atoms with Crippen LogP contribution in [0.5, 0.6) is 0 Å². The van der Waals surface area contributed by atoms with E-state index in [4.69, 9.17) is 0 Å². The lowest BCUT2D eigenvalue weighted by molar-refractivity contribution is -0.155. The van der Waals surface area contributed by atoms with Gasteiger partial charge in [-0.05, 0) is 44.2 Å². The Labute approximate surface area is 98.8 Å². The highest BCUT2D eigenvalue weighted by Crippen LogP contribution is 2.43. The van der Waals surface area contributed by atoms with Gasteiger partial charge in [0.25, 0.3) is 0 Å². The molecule has 0 aromatic heterocycles. The van der Waals surface area contributed by atoms with E-state index in [-0.39, 0.29) is 0 Å². The van der Waals surface area contributed by atoms with Crippen molar-refractivity contribution >= 4 is 5.97 Å². The number of carboxylic acids is 1.